The molecule has 2 aliphatic heterocycles. The molecular weight excluding hydrogens is 353 g/mol. The van der Waals surface area contributed by atoms with Crippen molar-refractivity contribution in [2.45, 2.75) is 24.7 Å². The van der Waals surface area contributed by atoms with E-state index in [1.54, 1.807) is 12.1 Å². The van der Waals surface area contributed by atoms with Crippen LogP contribution in [0.1, 0.15) is 34.8 Å². The number of aromatic nitrogens is 2. The van der Waals surface area contributed by atoms with Gasteiger partial charge in [-0.1, -0.05) is 0 Å². The number of alkyl halides is 3. The zero-order chi connectivity index (χ0) is 18.3. The van der Waals surface area contributed by atoms with E-state index in [2.05, 4.69) is 10.4 Å². The Kier molecular flexibility index (Phi) is 4.14. The molecule has 2 aromatic heterocycles. The molecule has 7 nitrogen and oxygen atoms in total. The van der Waals surface area contributed by atoms with Gasteiger partial charge >= 0.3 is 6.18 Å². The first-order valence-corrected chi connectivity index (χ1v) is 8.26. The minimum atomic E-state index is -4.49. The molecule has 26 heavy (non-hydrogen) atoms. The molecule has 1 amide bonds. The van der Waals surface area contributed by atoms with Gasteiger partial charge in [-0.05, 0) is 12.1 Å². The van der Waals surface area contributed by atoms with E-state index in [1.807, 2.05) is 0 Å². The normalized spacial score (nSPS) is 23.4. The van der Waals surface area contributed by atoms with Crippen LogP contribution in [0.3, 0.4) is 0 Å². The fraction of sp³-hybridized carbons (Fsp3) is 0.500. The molecule has 1 N–H and O–H groups in total. The Bertz CT molecular complexity index is 781. The van der Waals surface area contributed by atoms with Crippen LogP contribution in [0.25, 0.3) is 0 Å². The molecule has 0 saturated carbocycles. The van der Waals surface area contributed by atoms with Crippen molar-refractivity contribution >= 4 is 11.7 Å². The first-order chi connectivity index (χ1) is 12.4. The number of ether oxygens (including phenoxy) is 1. The van der Waals surface area contributed by atoms with E-state index < -0.39 is 24.2 Å². The third-order valence-corrected chi connectivity index (χ3v) is 4.59. The van der Waals surface area contributed by atoms with Gasteiger partial charge in [0.1, 0.15) is 11.6 Å². The Morgan fingerprint density at radius 2 is 2.08 bits per heavy atom. The number of carbonyl (C=O) groups excluding carboxylic acids is 1. The molecule has 0 unspecified atom stereocenters. The Balaban J connectivity index is 1.66. The molecule has 2 atom stereocenters. The van der Waals surface area contributed by atoms with Crippen LogP contribution >= 0.6 is 0 Å². The van der Waals surface area contributed by atoms with Crippen molar-refractivity contribution in [3.05, 3.63) is 35.9 Å². The van der Waals surface area contributed by atoms with E-state index in [9.17, 15) is 18.0 Å². The molecule has 10 heteroatoms. The van der Waals surface area contributed by atoms with Crippen LogP contribution < -0.4 is 5.32 Å². The Morgan fingerprint density at radius 3 is 2.73 bits per heavy atom. The summed E-state index contributed by atoms with van der Waals surface area (Å²) in [7, 11) is 0. The lowest BCUT2D eigenvalue weighted by Crippen LogP contribution is -2.41. The molecule has 4 rings (SSSR count). The standard InChI is InChI=1S/C16H17F3N4O3/c17-16(18,19)13-8-10(12-2-1-5-26-12)20-14-9-11(21-23(13)14)15(24)22-3-6-25-7-4-22/h1-2,5,9-10,13,20H,3-4,6-8H2/t10-,13-/m1/s1. The second-order valence-corrected chi connectivity index (χ2v) is 6.27. The average molecular weight is 370 g/mol. The highest BCUT2D eigenvalue weighted by Crippen LogP contribution is 2.43. The van der Waals surface area contributed by atoms with Crippen LogP contribution in [-0.4, -0.2) is 53.1 Å². The summed E-state index contributed by atoms with van der Waals surface area (Å²) in [6.45, 7) is 1.60. The summed E-state index contributed by atoms with van der Waals surface area (Å²) in [6, 6.07) is 2.13. The van der Waals surface area contributed by atoms with Crippen molar-refractivity contribution in [1.29, 1.82) is 0 Å². The van der Waals surface area contributed by atoms with Crippen LogP contribution in [0.2, 0.25) is 0 Å². The smallest absolute Gasteiger partial charge is 0.410 e. The van der Waals surface area contributed by atoms with Gasteiger partial charge in [0.05, 0.1) is 25.5 Å². The number of nitrogens with zero attached hydrogens (tertiary/aromatic N) is 3. The molecular formula is C16H17F3N4O3. The number of anilines is 1. The van der Waals surface area contributed by atoms with Gasteiger partial charge < -0.3 is 19.4 Å². The molecule has 2 aliphatic rings. The molecule has 140 valence electrons. The summed E-state index contributed by atoms with van der Waals surface area (Å²) >= 11 is 0. The van der Waals surface area contributed by atoms with Gasteiger partial charge in [0.2, 0.25) is 0 Å². The number of hydrogen-bond donors (Lipinski definition) is 1. The van der Waals surface area contributed by atoms with Gasteiger partial charge in [0.15, 0.2) is 11.7 Å². The molecule has 0 spiro atoms. The SMILES string of the molecule is O=C(c1cc2n(n1)[C@@H](C(F)(F)F)C[C@H](c1ccco1)N2)N1CCOCC1. The third-order valence-electron chi connectivity index (χ3n) is 4.59. The number of rotatable bonds is 2. The minimum absolute atomic E-state index is 0.0104. The van der Waals surface area contributed by atoms with Crippen molar-refractivity contribution in [2.75, 3.05) is 31.6 Å². The van der Waals surface area contributed by atoms with Crippen molar-refractivity contribution in [3.8, 4) is 0 Å². The first-order valence-electron chi connectivity index (χ1n) is 8.26. The summed E-state index contributed by atoms with van der Waals surface area (Å²) in [6.07, 6.45) is -3.34. The van der Waals surface area contributed by atoms with Crippen LogP contribution in [0.4, 0.5) is 19.0 Å². The third kappa shape index (κ3) is 3.05. The lowest BCUT2D eigenvalue weighted by molar-refractivity contribution is -0.174. The highest BCUT2D eigenvalue weighted by atomic mass is 19.4. The highest BCUT2D eigenvalue weighted by molar-refractivity contribution is 5.93. The van der Waals surface area contributed by atoms with E-state index in [1.165, 1.54) is 17.2 Å². The van der Waals surface area contributed by atoms with Crippen molar-refractivity contribution in [3.63, 3.8) is 0 Å². The summed E-state index contributed by atoms with van der Waals surface area (Å²) in [4.78, 5) is 14.1. The van der Waals surface area contributed by atoms with Gasteiger partial charge in [-0.2, -0.15) is 18.3 Å². The van der Waals surface area contributed by atoms with Gasteiger partial charge in [-0.15, -0.1) is 0 Å². The summed E-state index contributed by atoms with van der Waals surface area (Å²) in [5, 5.41) is 6.95. The predicted octanol–water partition coefficient (Wildman–Crippen LogP) is 2.61. The number of nitrogens with one attached hydrogen (secondary N) is 1. The largest absolute Gasteiger partial charge is 0.467 e. The average Bonchev–Trinajstić information content (AvgIpc) is 3.29. The maximum Gasteiger partial charge on any atom is 0.410 e. The quantitative estimate of drug-likeness (QED) is 0.880. The number of halogens is 3. The number of fused-ring (bicyclic) bond motifs is 1. The van der Waals surface area contributed by atoms with E-state index in [0.717, 1.165) is 4.68 Å². The second-order valence-electron chi connectivity index (χ2n) is 6.27. The molecule has 0 aliphatic carbocycles. The first kappa shape index (κ1) is 17.0. The Morgan fingerprint density at radius 1 is 1.31 bits per heavy atom. The number of hydrogen-bond acceptors (Lipinski definition) is 5. The van der Waals surface area contributed by atoms with Crippen LogP contribution in [0, 0.1) is 0 Å². The monoisotopic (exact) mass is 370 g/mol. The maximum atomic E-state index is 13.6. The van der Waals surface area contributed by atoms with Gasteiger partial charge in [-0.25, -0.2) is 4.68 Å². The zero-order valence-electron chi connectivity index (χ0n) is 13.7. The number of morpholine rings is 1. The molecule has 1 saturated heterocycles. The number of furan rings is 1. The van der Waals surface area contributed by atoms with E-state index >= 15 is 0 Å². The van der Waals surface area contributed by atoms with Crippen LogP contribution in [0.5, 0.6) is 0 Å². The molecule has 4 heterocycles. The number of amides is 1. The van der Waals surface area contributed by atoms with Gasteiger partial charge in [0.25, 0.3) is 5.91 Å². The maximum absolute atomic E-state index is 13.6. The summed E-state index contributed by atoms with van der Waals surface area (Å²) in [5.74, 6) is 0.164. The summed E-state index contributed by atoms with van der Waals surface area (Å²) < 4.78 is 52.0. The van der Waals surface area contributed by atoms with Gasteiger partial charge in [-0.3, -0.25) is 4.79 Å². The topological polar surface area (TPSA) is 72.5 Å². The van der Waals surface area contributed by atoms with Crippen molar-refractivity contribution < 1.29 is 27.1 Å². The molecule has 1 fully saturated rings. The van der Waals surface area contributed by atoms with E-state index in [-0.39, 0.29) is 17.9 Å². The number of carbonyl (C=O) groups is 1. The Labute approximate surface area is 146 Å². The lowest BCUT2D eigenvalue weighted by atomic mass is 10.0. The van der Waals surface area contributed by atoms with Crippen molar-refractivity contribution in [2.24, 2.45) is 0 Å². The highest BCUT2D eigenvalue weighted by Gasteiger charge is 2.47. The lowest BCUT2D eigenvalue weighted by Gasteiger charge is -2.32. The van der Waals surface area contributed by atoms with Gasteiger partial charge in [0, 0.05) is 25.6 Å². The molecule has 0 aromatic carbocycles. The summed E-state index contributed by atoms with van der Waals surface area (Å²) in [5.41, 5.74) is -0.0104. The van der Waals surface area contributed by atoms with Crippen LogP contribution in [-0.2, 0) is 4.74 Å². The zero-order valence-corrected chi connectivity index (χ0v) is 13.7. The Hall–Kier alpha value is -2.49. The predicted molar refractivity (Wildman–Crippen MR) is 83.7 cm³/mol. The fourth-order valence-electron chi connectivity index (χ4n) is 3.28. The second kappa shape index (κ2) is 6.35. The van der Waals surface area contributed by atoms with Crippen molar-refractivity contribution in [1.82, 2.24) is 14.7 Å². The molecule has 0 radical (unpaired) electrons. The fourth-order valence-corrected chi connectivity index (χ4v) is 3.28. The minimum Gasteiger partial charge on any atom is -0.467 e. The van der Waals surface area contributed by atoms with E-state index in [4.69, 9.17) is 9.15 Å². The van der Waals surface area contributed by atoms with E-state index in [0.29, 0.717) is 32.1 Å². The molecule has 2 aromatic rings. The molecule has 0 bridgehead atoms. The van der Waals surface area contributed by atoms with Crippen LogP contribution in [0.15, 0.2) is 28.9 Å².